The molecule has 0 radical (unpaired) electrons. The minimum absolute atomic E-state index is 0.465. The maximum absolute atomic E-state index is 6.17. The van der Waals surface area contributed by atoms with Gasteiger partial charge in [-0.3, -0.25) is 0 Å². The van der Waals surface area contributed by atoms with Gasteiger partial charge in [-0.05, 0) is 12.1 Å². The van der Waals surface area contributed by atoms with Crippen LogP contribution in [0.1, 0.15) is 0 Å². The number of nitrogens with zero attached hydrogens (tertiary/aromatic N) is 2. The topological polar surface area (TPSA) is 51.8 Å². The Morgan fingerprint density at radius 3 is 2.08 bits per heavy atom. The molecule has 0 saturated carbocycles. The van der Waals surface area contributed by atoms with Gasteiger partial charge in [-0.25, -0.2) is 9.97 Å². The van der Waals surface area contributed by atoms with E-state index in [1.807, 2.05) is 12.1 Å². The zero-order chi connectivity index (χ0) is 16.8. The van der Waals surface area contributed by atoms with Crippen LogP contribution >= 0.6 is 22.7 Å². The number of hydrogen-bond donors (Lipinski definition) is 1. The van der Waals surface area contributed by atoms with Crippen LogP contribution in [0, 0.1) is 0 Å². The standard InChI is InChI=1S/C20H13N3S2/c21-20-19(15-11-25-18-8-4-2-6-13(15)18)23-16(9-22-20)14-10-24-17-7-3-1-5-12(14)17/h1-11H,(H2,21,22). The van der Waals surface area contributed by atoms with Gasteiger partial charge in [-0.2, -0.15) is 0 Å². The molecule has 0 aliphatic rings. The van der Waals surface area contributed by atoms with Gasteiger partial charge < -0.3 is 5.73 Å². The highest BCUT2D eigenvalue weighted by Gasteiger charge is 2.15. The molecule has 0 amide bonds. The van der Waals surface area contributed by atoms with Crippen LogP contribution in [0.15, 0.2) is 65.5 Å². The zero-order valence-electron chi connectivity index (χ0n) is 13.1. The van der Waals surface area contributed by atoms with Gasteiger partial charge in [-0.15, -0.1) is 22.7 Å². The highest BCUT2D eigenvalue weighted by molar-refractivity contribution is 7.18. The summed E-state index contributed by atoms with van der Waals surface area (Å²) in [6.45, 7) is 0. The first-order valence-electron chi connectivity index (χ1n) is 7.87. The maximum Gasteiger partial charge on any atom is 0.150 e. The summed E-state index contributed by atoms with van der Waals surface area (Å²) >= 11 is 3.42. The summed E-state index contributed by atoms with van der Waals surface area (Å²) in [4.78, 5) is 9.31. The van der Waals surface area contributed by atoms with Gasteiger partial charge in [0.05, 0.1) is 11.9 Å². The number of fused-ring (bicyclic) bond motifs is 2. The monoisotopic (exact) mass is 359 g/mol. The number of rotatable bonds is 2. The van der Waals surface area contributed by atoms with Gasteiger partial charge in [0.2, 0.25) is 0 Å². The number of hydrogen-bond acceptors (Lipinski definition) is 5. The average molecular weight is 359 g/mol. The van der Waals surface area contributed by atoms with E-state index in [0.29, 0.717) is 5.82 Å². The summed E-state index contributed by atoms with van der Waals surface area (Å²) in [5, 5.41) is 6.62. The maximum atomic E-state index is 6.17. The quantitative estimate of drug-likeness (QED) is 0.432. The number of nitrogens with two attached hydrogens (primary N) is 1. The first-order valence-corrected chi connectivity index (χ1v) is 9.63. The summed E-state index contributed by atoms with van der Waals surface area (Å²) in [7, 11) is 0. The number of nitrogen functional groups attached to an aromatic ring is 1. The van der Waals surface area contributed by atoms with Crippen LogP contribution in [-0.4, -0.2) is 9.97 Å². The molecule has 2 aromatic carbocycles. The van der Waals surface area contributed by atoms with Crippen molar-refractivity contribution in [2.75, 3.05) is 5.73 Å². The van der Waals surface area contributed by atoms with Crippen LogP contribution in [-0.2, 0) is 0 Å². The number of benzene rings is 2. The van der Waals surface area contributed by atoms with Gasteiger partial charge in [0.1, 0.15) is 11.5 Å². The van der Waals surface area contributed by atoms with E-state index in [-0.39, 0.29) is 0 Å². The average Bonchev–Trinajstić information content (AvgIpc) is 3.26. The summed E-state index contributed by atoms with van der Waals surface area (Å²) in [6, 6.07) is 16.7. The van der Waals surface area contributed by atoms with Crippen molar-refractivity contribution in [3.8, 4) is 22.5 Å². The Morgan fingerprint density at radius 2 is 1.36 bits per heavy atom. The number of anilines is 1. The molecule has 0 spiro atoms. The van der Waals surface area contributed by atoms with Crippen molar-refractivity contribution >= 4 is 48.7 Å². The van der Waals surface area contributed by atoms with Crippen molar-refractivity contribution < 1.29 is 0 Å². The van der Waals surface area contributed by atoms with E-state index in [9.17, 15) is 0 Å². The Hall–Kier alpha value is -2.76. The molecule has 0 bridgehead atoms. The van der Waals surface area contributed by atoms with E-state index in [1.54, 1.807) is 28.9 Å². The molecule has 0 atom stereocenters. The number of aromatic nitrogens is 2. The van der Waals surface area contributed by atoms with Gasteiger partial charge in [0.15, 0.2) is 0 Å². The second-order valence-corrected chi connectivity index (χ2v) is 7.60. The highest BCUT2D eigenvalue weighted by Crippen LogP contribution is 2.37. The molecule has 3 aromatic heterocycles. The molecule has 5 rings (SSSR count). The van der Waals surface area contributed by atoms with E-state index in [4.69, 9.17) is 10.7 Å². The molecule has 120 valence electrons. The Morgan fingerprint density at radius 1 is 0.760 bits per heavy atom. The lowest BCUT2D eigenvalue weighted by molar-refractivity contribution is 1.23. The summed E-state index contributed by atoms with van der Waals surface area (Å²) in [5.41, 5.74) is 9.94. The molecule has 0 aliphatic heterocycles. The van der Waals surface area contributed by atoms with Crippen LogP contribution < -0.4 is 5.73 Å². The molecule has 25 heavy (non-hydrogen) atoms. The fourth-order valence-electron chi connectivity index (χ4n) is 3.06. The van der Waals surface area contributed by atoms with E-state index < -0.39 is 0 Å². The lowest BCUT2D eigenvalue weighted by atomic mass is 10.1. The molecule has 0 unspecified atom stereocenters. The lowest BCUT2D eigenvalue weighted by Crippen LogP contribution is -1.98. The first-order chi connectivity index (χ1) is 12.3. The minimum Gasteiger partial charge on any atom is -0.382 e. The normalized spacial score (nSPS) is 11.4. The van der Waals surface area contributed by atoms with E-state index >= 15 is 0 Å². The molecule has 0 fully saturated rings. The van der Waals surface area contributed by atoms with Gasteiger partial charge >= 0.3 is 0 Å². The van der Waals surface area contributed by atoms with Crippen molar-refractivity contribution in [1.29, 1.82) is 0 Å². The van der Waals surface area contributed by atoms with Crippen molar-refractivity contribution in [1.82, 2.24) is 9.97 Å². The van der Waals surface area contributed by atoms with Crippen LogP contribution in [0.3, 0.4) is 0 Å². The zero-order valence-corrected chi connectivity index (χ0v) is 14.8. The second kappa shape index (κ2) is 5.65. The third-order valence-corrected chi connectivity index (χ3v) is 6.22. The Kier molecular flexibility index (Phi) is 3.29. The molecular weight excluding hydrogens is 346 g/mol. The van der Waals surface area contributed by atoms with E-state index in [2.05, 4.69) is 52.1 Å². The van der Waals surface area contributed by atoms with Crippen LogP contribution in [0.5, 0.6) is 0 Å². The minimum atomic E-state index is 0.465. The second-order valence-electron chi connectivity index (χ2n) is 5.78. The largest absolute Gasteiger partial charge is 0.382 e. The predicted molar refractivity (Wildman–Crippen MR) is 108 cm³/mol. The van der Waals surface area contributed by atoms with Crippen molar-refractivity contribution in [2.45, 2.75) is 0 Å². The van der Waals surface area contributed by atoms with Crippen molar-refractivity contribution in [2.24, 2.45) is 0 Å². The fourth-order valence-corrected chi connectivity index (χ4v) is 4.96. The SMILES string of the molecule is Nc1ncc(-c2csc3ccccc23)nc1-c1csc2ccccc12. The molecular formula is C20H13N3S2. The summed E-state index contributed by atoms with van der Waals surface area (Å²) in [6.07, 6.45) is 1.77. The summed E-state index contributed by atoms with van der Waals surface area (Å²) in [5.74, 6) is 0.465. The fraction of sp³-hybridized carbons (Fsp3) is 0. The lowest BCUT2D eigenvalue weighted by Gasteiger charge is -2.06. The molecule has 3 nitrogen and oxygen atoms in total. The van der Waals surface area contributed by atoms with Crippen LogP contribution in [0.25, 0.3) is 42.7 Å². The van der Waals surface area contributed by atoms with Gasteiger partial charge in [0, 0.05) is 42.1 Å². The molecule has 3 heterocycles. The smallest absolute Gasteiger partial charge is 0.150 e. The van der Waals surface area contributed by atoms with Crippen molar-refractivity contribution in [3.63, 3.8) is 0 Å². The Balaban J connectivity index is 1.73. The van der Waals surface area contributed by atoms with E-state index in [1.165, 1.54) is 20.2 Å². The first kappa shape index (κ1) is 14.6. The molecule has 0 aliphatic carbocycles. The number of thiophene rings is 2. The predicted octanol–water partition coefficient (Wildman–Crippen LogP) is 5.82. The third-order valence-electron chi connectivity index (χ3n) is 4.29. The van der Waals surface area contributed by atoms with E-state index in [0.717, 1.165) is 22.5 Å². The van der Waals surface area contributed by atoms with Crippen LogP contribution in [0.4, 0.5) is 5.82 Å². The highest BCUT2D eigenvalue weighted by atomic mass is 32.1. The van der Waals surface area contributed by atoms with Crippen LogP contribution in [0.2, 0.25) is 0 Å². The molecule has 5 heteroatoms. The summed E-state index contributed by atoms with van der Waals surface area (Å²) < 4.78 is 2.48. The third kappa shape index (κ3) is 2.32. The van der Waals surface area contributed by atoms with Gasteiger partial charge in [-0.1, -0.05) is 36.4 Å². The van der Waals surface area contributed by atoms with Gasteiger partial charge in [0.25, 0.3) is 0 Å². The molecule has 5 aromatic rings. The van der Waals surface area contributed by atoms with Crippen molar-refractivity contribution in [3.05, 3.63) is 65.5 Å². The molecule has 2 N–H and O–H groups in total. The molecule has 0 saturated heterocycles. The Labute approximate surface area is 152 Å². The Bertz CT molecular complexity index is 1220.